The summed E-state index contributed by atoms with van der Waals surface area (Å²) in [4.78, 5) is 6.28. The van der Waals surface area contributed by atoms with Crippen LogP contribution >= 0.6 is 11.3 Å². The third kappa shape index (κ3) is 2.39. The van der Waals surface area contributed by atoms with Crippen LogP contribution in [0.1, 0.15) is 53.2 Å². The number of piperidine rings is 1. The number of aromatic nitrogens is 1. The van der Waals surface area contributed by atoms with Gasteiger partial charge in [0, 0.05) is 17.4 Å². The van der Waals surface area contributed by atoms with Crippen molar-refractivity contribution in [3.8, 4) is 0 Å². The third-order valence-electron chi connectivity index (χ3n) is 3.77. The zero-order chi connectivity index (χ0) is 11.7. The molecule has 3 heterocycles. The first-order valence-corrected chi connectivity index (χ1v) is 7.44. The van der Waals surface area contributed by atoms with Crippen LogP contribution < -0.4 is 5.32 Å². The molecular formula is C13H20N2OS. The maximum atomic E-state index is 5.47. The van der Waals surface area contributed by atoms with Crippen molar-refractivity contribution in [3.05, 3.63) is 15.6 Å². The van der Waals surface area contributed by atoms with E-state index in [2.05, 4.69) is 12.2 Å². The lowest BCUT2D eigenvalue weighted by Crippen LogP contribution is -2.26. The van der Waals surface area contributed by atoms with E-state index in [1.54, 1.807) is 0 Å². The monoisotopic (exact) mass is 252 g/mol. The lowest BCUT2D eigenvalue weighted by atomic mass is 10.0. The number of thiazole rings is 1. The Labute approximate surface area is 107 Å². The molecule has 0 aliphatic carbocycles. The predicted molar refractivity (Wildman–Crippen MR) is 69.6 cm³/mol. The second-order valence-corrected chi connectivity index (χ2v) is 6.29. The molecule has 0 radical (unpaired) electrons. The summed E-state index contributed by atoms with van der Waals surface area (Å²) in [7, 11) is 0. The maximum absolute atomic E-state index is 5.47. The van der Waals surface area contributed by atoms with Gasteiger partial charge in [-0.05, 0) is 32.7 Å². The predicted octanol–water partition coefficient (Wildman–Crippen LogP) is 2.77. The average molecular weight is 252 g/mol. The van der Waals surface area contributed by atoms with E-state index in [0.29, 0.717) is 12.0 Å². The number of ether oxygens (including phenoxy) is 1. The van der Waals surface area contributed by atoms with E-state index in [1.165, 1.54) is 34.8 Å². The number of aryl methyl sites for hydroxylation is 1. The fraction of sp³-hybridized carbons (Fsp3) is 0.769. The van der Waals surface area contributed by atoms with Gasteiger partial charge in [0.1, 0.15) is 5.01 Å². The van der Waals surface area contributed by atoms with Gasteiger partial charge in [0.25, 0.3) is 0 Å². The van der Waals surface area contributed by atoms with Crippen molar-refractivity contribution in [2.24, 2.45) is 0 Å². The summed E-state index contributed by atoms with van der Waals surface area (Å²) in [5, 5.41) is 4.88. The summed E-state index contributed by atoms with van der Waals surface area (Å²) in [6.07, 6.45) is 5.03. The van der Waals surface area contributed by atoms with Crippen LogP contribution in [-0.2, 0) is 4.74 Å². The Morgan fingerprint density at radius 3 is 3.00 bits per heavy atom. The molecule has 2 aliphatic rings. The number of rotatable bonds is 2. The molecule has 94 valence electrons. The van der Waals surface area contributed by atoms with Gasteiger partial charge in [-0.25, -0.2) is 4.98 Å². The zero-order valence-electron chi connectivity index (χ0n) is 10.4. The maximum Gasteiger partial charge on any atom is 0.110 e. The van der Waals surface area contributed by atoms with Crippen molar-refractivity contribution < 1.29 is 4.74 Å². The molecule has 17 heavy (non-hydrogen) atoms. The summed E-state index contributed by atoms with van der Waals surface area (Å²) in [5.41, 5.74) is 1.30. The summed E-state index contributed by atoms with van der Waals surface area (Å²) in [5.74, 6) is 0.545. The number of hydrogen-bond donors (Lipinski definition) is 1. The highest BCUT2D eigenvalue weighted by atomic mass is 32.1. The van der Waals surface area contributed by atoms with Crippen molar-refractivity contribution in [1.29, 1.82) is 0 Å². The molecule has 3 rings (SSSR count). The lowest BCUT2D eigenvalue weighted by molar-refractivity contribution is 0.193. The molecule has 2 fully saturated rings. The number of nitrogens with one attached hydrogen (secondary N) is 1. The molecule has 3 nitrogen and oxygen atoms in total. The standard InChI is InChI=1S/C13H20N2OS/c1-9-12(10-5-7-16-8-10)15-13(17-9)11-4-2-3-6-14-11/h10-11,14H,2-8H2,1H3. The van der Waals surface area contributed by atoms with E-state index in [4.69, 9.17) is 9.72 Å². The number of hydrogen-bond acceptors (Lipinski definition) is 4. The Morgan fingerprint density at radius 1 is 1.35 bits per heavy atom. The molecule has 2 atom stereocenters. The fourth-order valence-corrected chi connectivity index (χ4v) is 3.89. The fourth-order valence-electron chi connectivity index (χ4n) is 2.77. The summed E-state index contributed by atoms with van der Waals surface area (Å²) >= 11 is 1.88. The highest BCUT2D eigenvalue weighted by Gasteiger charge is 2.25. The first-order chi connectivity index (χ1) is 8.34. The Hall–Kier alpha value is -0.450. The largest absolute Gasteiger partial charge is 0.381 e. The van der Waals surface area contributed by atoms with Crippen LogP contribution in [0.2, 0.25) is 0 Å². The van der Waals surface area contributed by atoms with Crippen molar-refractivity contribution in [1.82, 2.24) is 10.3 Å². The molecule has 0 bridgehead atoms. The molecule has 1 aromatic rings. The van der Waals surface area contributed by atoms with Crippen molar-refractivity contribution in [3.63, 3.8) is 0 Å². The molecule has 2 unspecified atom stereocenters. The second-order valence-electron chi connectivity index (χ2n) is 5.06. The van der Waals surface area contributed by atoms with E-state index in [1.807, 2.05) is 11.3 Å². The zero-order valence-corrected chi connectivity index (χ0v) is 11.2. The van der Waals surface area contributed by atoms with Crippen molar-refractivity contribution in [2.75, 3.05) is 19.8 Å². The molecule has 0 amide bonds. The third-order valence-corrected chi connectivity index (χ3v) is 4.87. The molecule has 2 saturated heterocycles. The van der Waals surface area contributed by atoms with Gasteiger partial charge in [0.05, 0.1) is 18.3 Å². The molecule has 0 spiro atoms. The van der Waals surface area contributed by atoms with E-state index >= 15 is 0 Å². The Balaban J connectivity index is 1.79. The minimum absolute atomic E-state index is 0.503. The summed E-state index contributed by atoms with van der Waals surface area (Å²) in [6.45, 7) is 5.11. The second kappa shape index (κ2) is 5.04. The van der Waals surface area contributed by atoms with E-state index < -0.39 is 0 Å². The van der Waals surface area contributed by atoms with Crippen LogP contribution in [0, 0.1) is 6.92 Å². The van der Waals surface area contributed by atoms with Gasteiger partial charge in [-0.1, -0.05) is 6.42 Å². The van der Waals surface area contributed by atoms with Crippen LogP contribution in [0.4, 0.5) is 0 Å². The average Bonchev–Trinajstić information content (AvgIpc) is 2.99. The molecule has 0 saturated carbocycles. The smallest absolute Gasteiger partial charge is 0.110 e. The van der Waals surface area contributed by atoms with Gasteiger partial charge < -0.3 is 10.1 Å². The van der Waals surface area contributed by atoms with E-state index in [-0.39, 0.29) is 0 Å². The van der Waals surface area contributed by atoms with Crippen molar-refractivity contribution in [2.45, 2.75) is 44.6 Å². The molecule has 4 heteroatoms. The van der Waals surface area contributed by atoms with Gasteiger partial charge >= 0.3 is 0 Å². The quantitative estimate of drug-likeness (QED) is 0.879. The lowest BCUT2D eigenvalue weighted by Gasteiger charge is -2.21. The van der Waals surface area contributed by atoms with Crippen molar-refractivity contribution >= 4 is 11.3 Å². The van der Waals surface area contributed by atoms with Crippen LogP contribution in [0.3, 0.4) is 0 Å². The minimum Gasteiger partial charge on any atom is -0.381 e. The Kier molecular flexibility index (Phi) is 3.45. The van der Waals surface area contributed by atoms with Crippen LogP contribution in [-0.4, -0.2) is 24.7 Å². The first-order valence-electron chi connectivity index (χ1n) is 6.63. The van der Waals surface area contributed by atoms with Crippen LogP contribution in [0.25, 0.3) is 0 Å². The highest BCUT2D eigenvalue weighted by molar-refractivity contribution is 7.11. The van der Waals surface area contributed by atoms with Gasteiger partial charge in [-0.3, -0.25) is 0 Å². The molecule has 0 aromatic carbocycles. The molecule has 1 N–H and O–H groups in total. The topological polar surface area (TPSA) is 34.2 Å². The Morgan fingerprint density at radius 2 is 2.29 bits per heavy atom. The van der Waals surface area contributed by atoms with Gasteiger partial charge in [0.15, 0.2) is 0 Å². The van der Waals surface area contributed by atoms with Crippen LogP contribution in [0.5, 0.6) is 0 Å². The van der Waals surface area contributed by atoms with Gasteiger partial charge in [-0.2, -0.15) is 0 Å². The minimum atomic E-state index is 0.503. The SMILES string of the molecule is Cc1sc(C2CCCCN2)nc1C1CCOC1. The summed E-state index contributed by atoms with van der Waals surface area (Å²) in [6, 6.07) is 0.503. The van der Waals surface area contributed by atoms with Gasteiger partial charge in [0.2, 0.25) is 0 Å². The highest BCUT2D eigenvalue weighted by Crippen LogP contribution is 2.34. The Bertz CT molecular complexity index is 379. The normalized spacial score (nSPS) is 29.7. The van der Waals surface area contributed by atoms with E-state index in [9.17, 15) is 0 Å². The van der Waals surface area contributed by atoms with Crippen LogP contribution in [0.15, 0.2) is 0 Å². The number of nitrogens with zero attached hydrogens (tertiary/aromatic N) is 1. The van der Waals surface area contributed by atoms with Gasteiger partial charge in [-0.15, -0.1) is 11.3 Å². The van der Waals surface area contributed by atoms with E-state index in [0.717, 1.165) is 26.2 Å². The molecule has 2 aliphatic heterocycles. The summed E-state index contributed by atoms with van der Waals surface area (Å²) < 4.78 is 5.47. The first kappa shape index (κ1) is 11.6. The molecular weight excluding hydrogens is 232 g/mol. The molecule has 1 aromatic heterocycles.